The molecule has 5 aliphatic rings. The van der Waals surface area contributed by atoms with Crippen LogP contribution >= 0.6 is 12.2 Å². The molecule has 178 valence electrons. The van der Waals surface area contributed by atoms with Crippen LogP contribution in [0.15, 0.2) is 12.1 Å². The first kappa shape index (κ1) is 20.2. The molecule has 5 aliphatic heterocycles. The summed E-state index contributed by atoms with van der Waals surface area (Å²) >= 11 is 5.78. The van der Waals surface area contributed by atoms with Crippen LogP contribution in [0.5, 0.6) is 34.5 Å². The molecule has 0 spiro atoms. The van der Waals surface area contributed by atoms with Crippen molar-refractivity contribution in [1.29, 1.82) is 0 Å². The molecule has 0 aliphatic carbocycles. The minimum Gasteiger partial charge on any atom is -0.492 e. The van der Waals surface area contributed by atoms with Crippen molar-refractivity contribution in [3.8, 4) is 34.5 Å². The van der Waals surface area contributed by atoms with Gasteiger partial charge >= 0.3 is 0 Å². The van der Waals surface area contributed by atoms with Crippen molar-refractivity contribution in [2.24, 2.45) is 0 Å². The van der Waals surface area contributed by atoms with Crippen molar-refractivity contribution in [3.05, 3.63) is 34.4 Å². The Hall–Kier alpha value is -3.15. The zero-order valence-corrected chi connectivity index (χ0v) is 19.6. The third-order valence-corrected chi connectivity index (χ3v) is 7.36. The normalized spacial score (nSPS) is 24.1. The summed E-state index contributed by atoms with van der Waals surface area (Å²) in [4.78, 5) is 0. The Morgan fingerprint density at radius 1 is 0.794 bits per heavy atom. The van der Waals surface area contributed by atoms with Gasteiger partial charge in [-0.15, -0.1) is 0 Å². The fourth-order valence-corrected chi connectivity index (χ4v) is 5.96. The maximum atomic E-state index is 5.86. The van der Waals surface area contributed by atoms with E-state index in [4.69, 9.17) is 40.6 Å². The Morgan fingerprint density at radius 3 is 1.71 bits per heavy atom. The van der Waals surface area contributed by atoms with Crippen LogP contribution in [0.1, 0.15) is 34.6 Å². The number of hydrazine groups is 1. The average Bonchev–Trinajstić information content (AvgIpc) is 3.48. The summed E-state index contributed by atoms with van der Waals surface area (Å²) in [7, 11) is 3.33. The predicted molar refractivity (Wildman–Crippen MR) is 123 cm³/mol. The van der Waals surface area contributed by atoms with E-state index in [0.29, 0.717) is 28.1 Å². The lowest BCUT2D eigenvalue weighted by Gasteiger charge is -2.46. The van der Waals surface area contributed by atoms with Gasteiger partial charge in [-0.2, -0.15) is 0 Å². The number of rotatable bonds is 2. The molecule has 2 aromatic rings. The molecule has 5 heterocycles. The average molecular weight is 485 g/mol. The molecule has 0 bridgehead atoms. The van der Waals surface area contributed by atoms with E-state index < -0.39 is 0 Å². The fraction of sp³-hybridized carbons (Fsp3) is 0.435. The summed E-state index contributed by atoms with van der Waals surface area (Å²) < 4.78 is 34.5. The molecule has 0 unspecified atom stereocenters. The quantitative estimate of drug-likeness (QED) is 0.614. The van der Waals surface area contributed by atoms with Gasteiger partial charge in [-0.05, 0) is 48.3 Å². The molecule has 10 nitrogen and oxygen atoms in total. The second-order valence-electron chi connectivity index (χ2n) is 8.68. The monoisotopic (exact) mass is 484 g/mol. The second kappa shape index (κ2) is 7.42. The molecule has 0 radical (unpaired) electrons. The lowest BCUT2D eigenvalue weighted by molar-refractivity contribution is -0.105. The van der Waals surface area contributed by atoms with E-state index in [2.05, 4.69) is 32.8 Å². The van der Waals surface area contributed by atoms with Crippen LogP contribution in [0.3, 0.4) is 0 Å². The third-order valence-electron chi connectivity index (χ3n) is 7.12. The molecule has 2 aromatic carbocycles. The van der Waals surface area contributed by atoms with Gasteiger partial charge in [0.25, 0.3) is 0 Å². The van der Waals surface area contributed by atoms with Crippen molar-refractivity contribution in [2.45, 2.75) is 25.2 Å². The number of fused-ring (bicyclic) bond motifs is 9. The van der Waals surface area contributed by atoms with Gasteiger partial charge in [-0.3, -0.25) is 0 Å². The highest BCUT2D eigenvalue weighted by Crippen LogP contribution is 2.52. The molecule has 0 saturated carbocycles. The summed E-state index contributed by atoms with van der Waals surface area (Å²) in [5.41, 5.74) is 4.36. The summed E-state index contributed by atoms with van der Waals surface area (Å²) in [5.74, 6) is 4.11. The molecule has 7 rings (SSSR count). The molecule has 1 saturated heterocycles. The Balaban J connectivity index is 1.35. The van der Waals surface area contributed by atoms with Gasteiger partial charge in [0.15, 0.2) is 28.1 Å². The Kier molecular flexibility index (Phi) is 4.42. The SMILES string of the molecule is COc1c2c(cc3c1[C@@H]1NC(=S)N[C@H]4c5c(cc6c(c5OC)OCO6)CCN4N1CC3)OCO2. The van der Waals surface area contributed by atoms with Crippen molar-refractivity contribution in [2.75, 3.05) is 40.9 Å². The number of benzene rings is 2. The number of methoxy groups -OCH3 is 2. The van der Waals surface area contributed by atoms with Gasteiger partial charge in [-0.25, -0.2) is 10.0 Å². The van der Waals surface area contributed by atoms with Crippen molar-refractivity contribution in [1.82, 2.24) is 20.7 Å². The molecule has 11 heteroatoms. The molecular weight excluding hydrogens is 460 g/mol. The van der Waals surface area contributed by atoms with Gasteiger partial charge in [-0.1, -0.05) is 0 Å². The summed E-state index contributed by atoms with van der Waals surface area (Å²) in [5, 5.41) is 12.2. The van der Waals surface area contributed by atoms with E-state index in [-0.39, 0.29) is 25.9 Å². The first-order chi connectivity index (χ1) is 16.7. The van der Waals surface area contributed by atoms with Crippen molar-refractivity contribution >= 4 is 17.3 Å². The first-order valence-electron chi connectivity index (χ1n) is 11.3. The van der Waals surface area contributed by atoms with Crippen LogP contribution in [0, 0.1) is 0 Å². The highest BCUT2D eigenvalue weighted by molar-refractivity contribution is 7.80. The van der Waals surface area contributed by atoms with Gasteiger partial charge in [0.1, 0.15) is 12.3 Å². The zero-order chi connectivity index (χ0) is 23.0. The van der Waals surface area contributed by atoms with Crippen LogP contribution in [-0.4, -0.2) is 56.0 Å². The lowest BCUT2D eigenvalue weighted by atomic mass is 9.94. The number of nitrogens with one attached hydrogen (secondary N) is 2. The Bertz CT molecular complexity index is 1130. The molecule has 0 amide bonds. The van der Waals surface area contributed by atoms with Crippen molar-refractivity contribution < 1.29 is 28.4 Å². The standard InChI is InChI=1S/C23H24N4O6S/c1-28-19-15-11(7-13-17(19)32-9-30-13)3-5-26-21(15)24-23(34)25-22-16-12(4-6-27(22)26)8-14-18(20(16)29-2)33-10-31-14/h7-8,21-22H,3-6,9-10H2,1-2H3,(H2,24,25,34)/t21-,22-/m1/s1. The summed E-state index contributed by atoms with van der Waals surface area (Å²) in [6.07, 6.45) is 1.22. The zero-order valence-electron chi connectivity index (χ0n) is 18.8. The Morgan fingerprint density at radius 2 is 1.26 bits per heavy atom. The molecule has 2 N–H and O–H groups in total. The number of thiocarbonyl (C=S) groups is 1. The Labute approximate surface area is 201 Å². The molecule has 1 fully saturated rings. The van der Waals surface area contributed by atoms with E-state index in [1.165, 1.54) is 0 Å². The van der Waals surface area contributed by atoms with Gasteiger partial charge in [0, 0.05) is 24.2 Å². The minimum absolute atomic E-state index is 0.192. The third kappa shape index (κ3) is 2.71. The number of nitrogens with zero attached hydrogens (tertiary/aromatic N) is 2. The smallest absolute Gasteiger partial charge is 0.231 e. The van der Waals surface area contributed by atoms with Gasteiger partial charge in [0.2, 0.25) is 25.1 Å². The van der Waals surface area contributed by atoms with E-state index in [1.54, 1.807) is 14.2 Å². The van der Waals surface area contributed by atoms with Gasteiger partial charge < -0.3 is 39.1 Å². The minimum atomic E-state index is -0.222. The fourth-order valence-electron chi connectivity index (χ4n) is 5.74. The molecule has 34 heavy (non-hydrogen) atoms. The highest BCUT2D eigenvalue weighted by atomic mass is 32.1. The number of hydrogen-bond donors (Lipinski definition) is 2. The van der Waals surface area contributed by atoms with Crippen LogP contribution in [-0.2, 0) is 12.8 Å². The molecular formula is C23H24N4O6S. The van der Waals surface area contributed by atoms with Crippen LogP contribution in [0.25, 0.3) is 0 Å². The van der Waals surface area contributed by atoms with E-state index in [9.17, 15) is 0 Å². The van der Waals surface area contributed by atoms with Crippen LogP contribution < -0.4 is 39.1 Å². The summed E-state index contributed by atoms with van der Waals surface area (Å²) in [6, 6.07) is 4.13. The molecule has 2 atom stereocenters. The van der Waals surface area contributed by atoms with Gasteiger partial charge in [0.05, 0.1) is 14.2 Å². The van der Waals surface area contributed by atoms with E-state index in [1.807, 2.05) is 0 Å². The first-order valence-corrected chi connectivity index (χ1v) is 11.7. The maximum Gasteiger partial charge on any atom is 0.231 e. The van der Waals surface area contributed by atoms with E-state index in [0.717, 1.165) is 59.7 Å². The number of ether oxygens (including phenoxy) is 6. The van der Waals surface area contributed by atoms with Crippen LogP contribution in [0.2, 0.25) is 0 Å². The number of hydrogen-bond acceptors (Lipinski definition) is 9. The van der Waals surface area contributed by atoms with E-state index >= 15 is 0 Å². The lowest BCUT2D eigenvalue weighted by Crippen LogP contribution is -2.54. The topological polar surface area (TPSA) is 85.9 Å². The highest BCUT2D eigenvalue weighted by Gasteiger charge is 2.45. The summed E-state index contributed by atoms with van der Waals surface area (Å²) in [6.45, 7) is 1.99. The van der Waals surface area contributed by atoms with Crippen LogP contribution in [0.4, 0.5) is 0 Å². The second-order valence-corrected chi connectivity index (χ2v) is 9.09. The predicted octanol–water partition coefficient (Wildman–Crippen LogP) is 1.97. The maximum absolute atomic E-state index is 5.86. The largest absolute Gasteiger partial charge is 0.492 e. The molecule has 0 aromatic heterocycles. The van der Waals surface area contributed by atoms with Crippen molar-refractivity contribution in [3.63, 3.8) is 0 Å².